The van der Waals surface area contributed by atoms with Crippen molar-refractivity contribution >= 4 is 58.6 Å². The van der Waals surface area contributed by atoms with Gasteiger partial charge in [0.05, 0.1) is 28.5 Å². The highest BCUT2D eigenvalue weighted by molar-refractivity contribution is 7.99. The lowest BCUT2D eigenvalue weighted by Gasteiger charge is -2.29. The molecule has 3 aromatic rings. The Morgan fingerprint density at radius 3 is 2.29 bits per heavy atom. The summed E-state index contributed by atoms with van der Waals surface area (Å²) < 4.78 is 11.2. The number of anilines is 1. The number of esters is 1. The van der Waals surface area contributed by atoms with Crippen LogP contribution in [-0.2, 0) is 19.1 Å². The van der Waals surface area contributed by atoms with Crippen LogP contribution in [0.2, 0.25) is 5.02 Å². The van der Waals surface area contributed by atoms with Crippen LogP contribution in [0, 0.1) is 10.1 Å². The Morgan fingerprint density at radius 1 is 1.07 bits per heavy atom. The molecule has 4 rings (SSSR count). The van der Waals surface area contributed by atoms with Crippen molar-refractivity contribution in [1.29, 1.82) is 0 Å². The first-order chi connectivity index (χ1) is 21.4. The molecule has 2 unspecified atom stereocenters. The Morgan fingerprint density at radius 2 is 1.71 bits per heavy atom. The number of thioether (sulfide) groups is 1. The Kier molecular flexibility index (Phi) is 12.3. The molecular formula is C30H30ClN3O10S. The van der Waals surface area contributed by atoms with E-state index < -0.39 is 39.9 Å². The monoisotopic (exact) mass is 659 g/mol. The summed E-state index contributed by atoms with van der Waals surface area (Å²) in [6.07, 6.45) is -1.22. The summed E-state index contributed by atoms with van der Waals surface area (Å²) in [5.74, 6) is -4.24. The molecule has 15 heteroatoms. The minimum Gasteiger partial charge on any atom is -0.497 e. The second-order valence-electron chi connectivity index (χ2n) is 9.52. The average Bonchev–Trinajstić information content (AvgIpc) is 3.14. The standard InChI is InChI=1S/C28H28ClN3O6S.C2H2O4/c1-4-30(2)15-16-31-22-7-5-6-8-24(22)39-26(18-9-12-20(37-3)13-10-18)25(27(31)33)38-28(34)19-11-14-21(29)23(17-19)32(35)36;3-1(4)2(5)6/h5-14,17,25-26H,4,15-16H2,1-3H3;(H,3,4)(H,5,6). The fourth-order valence-electron chi connectivity index (χ4n) is 4.15. The van der Waals surface area contributed by atoms with Crippen LogP contribution >= 0.6 is 23.4 Å². The number of fused-ring (bicyclic) bond motifs is 1. The van der Waals surface area contributed by atoms with E-state index in [1.165, 1.54) is 23.9 Å². The number of nitro groups is 1. The van der Waals surface area contributed by atoms with E-state index in [0.29, 0.717) is 18.8 Å². The fourth-order valence-corrected chi connectivity index (χ4v) is 5.66. The summed E-state index contributed by atoms with van der Waals surface area (Å²) in [5.41, 5.74) is 1.000. The van der Waals surface area contributed by atoms with E-state index in [1.54, 1.807) is 24.1 Å². The number of carboxylic acids is 2. The van der Waals surface area contributed by atoms with Crippen molar-refractivity contribution in [2.75, 3.05) is 38.7 Å². The van der Waals surface area contributed by atoms with Crippen LogP contribution in [0.1, 0.15) is 28.1 Å². The maximum Gasteiger partial charge on any atom is 0.414 e. The third-order valence-corrected chi connectivity index (χ3v) is 8.37. The predicted octanol–water partition coefficient (Wildman–Crippen LogP) is 4.77. The summed E-state index contributed by atoms with van der Waals surface area (Å²) in [4.78, 5) is 61.0. The number of amides is 1. The molecule has 0 radical (unpaired) electrons. The molecule has 238 valence electrons. The van der Waals surface area contributed by atoms with Crippen molar-refractivity contribution in [3.05, 3.63) is 93.0 Å². The minimum absolute atomic E-state index is 0.0728. The summed E-state index contributed by atoms with van der Waals surface area (Å²) in [6, 6.07) is 18.5. The van der Waals surface area contributed by atoms with Crippen LogP contribution in [0.15, 0.2) is 71.6 Å². The number of rotatable bonds is 9. The molecule has 2 atom stereocenters. The van der Waals surface area contributed by atoms with Gasteiger partial charge in [0.15, 0.2) is 6.10 Å². The Labute approximate surface area is 267 Å². The Balaban J connectivity index is 0.000000838. The second-order valence-corrected chi connectivity index (χ2v) is 11.1. The van der Waals surface area contributed by atoms with Gasteiger partial charge in [-0.3, -0.25) is 14.9 Å². The zero-order valence-corrected chi connectivity index (χ0v) is 26.0. The SMILES string of the molecule is CCN(C)CCN1C(=O)C(OC(=O)c2ccc(Cl)c([N+](=O)[O-])c2)C(c2ccc(OC)cc2)Sc2ccccc21.O=C(O)C(=O)O. The van der Waals surface area contributed by atoms with E-state index in [-0.39, 0.29) is 16.5 Å². The third-order valence-electron chi connectivity index (χ3n) is 6.68. The van der Waals surface area contributed by atoms with Crippen molar-refractivity contribution < 1.29 is 43.8 Å². The van der Waals surface area contributed by atoms with Crippen LogP contribution in [0.4, 0.5) is 11.4 Å². The predicted molar refractivity (Wildman–Crippen MR) is 166 cm³/mol. The molecule has 0 saturated heterocycles. The maximum atomic E-state index is 14.2. The number of methoxy groups -OCH3 is 1. The molecule has 2 N–H and O–H groups in total. The Bertz CT molecular complexity index is 1560. The molecule has 0 bridgehead atoms. The number of halogens is 1. The van der Waals surface area contributed by atoms with E-state index in [9.17, 15) is 19.7 Å². The van der Waals surface area contributed by atoms with E-state index in [1.807, 2.05) is 50.4 Å². The molecule has 3 aromatic carbocycles. The lowest BCUT2D eigenvalue weighted by molar-refractivity contribution is -0.384. The number of carbonyl (C=O) groups excluding carboxylic acids is 2. The normalized spacial score (nSPS) is 15.7. The molecule has 13 nitrogen and oxygen atoms in total. The summed E-state index contributed by atoms with van der Waals surface area (Å²) in [7, 11) is 3.53. The van der Waals surface area contributed by atoms with Gasteiger partial charge in [-0.05, 0) is 55.6 Å². The number of nitrogens with zero attached hydrogens (tertiary/aromatic N) is 3. The number of benzene rings is 3. The van der Waals surface area contributed by atoms with E-state index in [4.69, 9.17) is 40.9 Å². The fraction of sp³-hybridized carbons (Fsp3) is 0.267. The van der Waals surface area contributed by atoms with Crippen LogP contribution in [-0.4, -0.2) is 83.7 Å². The lowest BCUT2D eigenvalue weighted by atomic mass is 10.0. The number of carboxylic acid groups (broad SMARTS) is 2. The van der Waals surface area contributed by atoms with Crippen molar-refractivity contribution in [3.8, 4) is 5.75 Å². The molecule has 0 aromatic heterocycles. The largest absolute Gasteiger partial charge is 0.497 e. The van der Waals surface area contributed by atoms with Crippen LogP contribution < -0.4 is 9.64 Å². The number of likely N-dealkylation sites (N-methyl/N-ethyl adjacent to an activating group) is 1. The first-order valence-electron chi connectivity index (χ1n) is 13.4. The topological polar surface area (TPSA) is 177 Å². The van der Waals surface area contributed by atoms with Crippen LogP contribution in [0.25, 0.3) is 0 Å². The molecule has 0 fully saturated rings. The van der Waals surface area contributed by atoms with Gasteiger partial charge in [-0.1, -0.05) is 42.8 Å². The number of carbonyl (C=O) groups is 4. The molecule has 0 aliphatic carbocycles. The van der Waals surface area contributed by atoms with Crippen molar-refractivity contribution in [2.45, 2.75) is 23.2 Å². The van der Waals surface area contributed by atoms with Gasteiger partial charge in [-0.15, -0.1) is 11.8 Å². The van der Waals surface area contributed by atoms with Gasteiger partial charge in [0.25, 0.3) is 11.6 Å². The summed E-state index contributed by atoms with van der Waals surface area (Å²) in [6.45, 7) is 3.83. The zero-order valence-electron chi connectivity index (χ0n) is 24.4. The zero-order chi connectivity index (χ0) is 33.3. The van der Waals surface area contributed by atoms with E-state index in [2.05, 4.69) is 4.90 Å². The van der Waals surface area contributed by atoms with E-state index in [0.717, 1.165) is 28.8 Å². The van der Waals surface area contributed by atoms with Crippen molar-refractivity contribution in [1.82, 2.24) is 4.90 Å². The lowest BCUT2D eigenvalue weighted by Crippen LogP contribution is -2.45. The first kappa shape index (κ1) is 34.8. The average molecular weight is 660 g/mol. The van der Waals surface area contributed by atoms with Crippen LogP contribution in [0.5, 0.6) is 5.75 Å². The first-order valence-corrected chi connectivity index (χ1v) is 14.6. The van der Waals surface area contributed by atoms with Crippen molar-refractivity contribution in [3.63, 3.8) is 0 Å². The van der Waals surface area contributed by atoms with Gasteiger partial charge in [-0.25, -0.2) is 14.4 Å². The highest BCUT2D eigenvalue weighted by Crippen LogP contribution is 2.47. The van der Waals surface area contributed by atoms with Crippen LogP contribution in [0.3, 0.4) is 0 Å². The van der Waals surface area contributed by atoms with Gasteiger partial charge in [-0.2, -0.15) is 0 Å². The molecule has 1 aliphatic rings. The van der Waals surface area contributed by atoms with Gasteiger partial charge < -0.3 is 29.5 Å². The summed E-state index contributed by atoms with van der Waals surface area (Å²) >= 11 is 7.36. The van der Waals surface area contributed by atoms with Gasteiger partial charge in [0, 0.05) is 24.1 Å². The minimum atomic E-state index is -1.82. The molecule has 1 aliphatic heterocycles. The number of hydrogen-bond acceptors (Lipinski definition) is 10. The van der Waals surface area contributed by atoms with Gasteiger partial charge in [0.1, 0.15) is 10.8 Å². The maximum absolute atomic E-state index is 14.2. The highest BCUT2D eigenvalue weighted by Gasteiger charge is 2.41. The smallest absolute Gasteiger partial charge is 0.414 e. The number of nitro benzene ring substituents is 1. The molecule has 1 amide bonds. The quantitative estimate of drug-likeness (QED) is 0.139. The van der Waals surface area contributed by atoms with E-state index >= 15 is 0 Å². The number of ether oxygens (including phenoxy) is 2. The van der Waals surface area contributed by atoms with Crippen molar-refractivity contribution in [2.24, 2.45) is 0 Å². The molecule has 45 heavy (non-hydrogen) atoms. The molecule has 1 heterocycles. The molecular weight excluding hydrogens is 630 g/mol. The second kappa shape index (κ2) is 15.9. The van der Waals surface area contributed by atoms with Gasteiger partial charge in [0.2, 0.25) is 0 Å². The molecule has 0 saturated carbocycles. The number of aliphatic carboxylic acids is 2. The Hall–Kier alpha value is -4.66. The highest BCUT2D eigenvalue weighted by atomic mass is 35.5. The van der Waals surface area contributed by atoms with Gasteiger partial charge >= 0.3 is 17.9 Å². The third kappa shape index (κ3) is 8.94. The number of para-hydroxylation sites is 1. The summed E-state index contributed by atoms with van der Waals surface area (Å²) in [5, 5.41) is 25.5. The number of hydrogen-bond donors (Lipinski definition) is 2. The molecule has 0 spiro atoms.